The molecule has 2 aromatic carbocycles. The molecule has 0 saturated carbocycles. The van der Waals surface area contributed by atoms with E-state index in [0.717, 1.165) is 42.0 Å². The van der Waals surface area contributed by atoms with Crippen LogP contribution in [-0.4, -0.2) is 33.6 Å². The van der Waals surface area contributed by atoms with Crippen molar-refractivity contribution in [3.05, 3.63) is 89.5 Å². The number of ether oxygens (including phenoxy) is 1. The summed E-state index contributed by atoms with van der Waals surface area (Å²) in [6, 6.07) is 19.8. The number of unbranched alkanes of at least 4 members (excludes halogenated alkanes) is 1. The summed E-state index contributed by atoms with van der Waals surface area (Å²) < 4.78 is 8.22. The summed E-state index contributed by atoms with van der Waals surface area (Å²) in [4.78, 5) is 21.2. The normalized spacial score (nSPS) is 11.0. The van der Waals surface area contributed by atoms with Gasteiger partial charge in [0.1, 0.15) is 17.3 Å². The number of carbonyl (C=O) groups is 1. The summed E-state index contributed by atoms with van der Waals surface area (Å²) in [6.07, 6.45) is 4.22. The highest BCUT2D eigenvalue weighted by Crippen LogP contribution is 2.19. The zero-order valence-electron chi connectivity index (χ0n) is 19.3. The largest absolute Gasteiger partial charge is 0.494 e. The molecule has 0 unspecified atom stereocenters. The van der Waals surface area contributed by atoms with E-state index in [-0.39, 0.29) is 5.91 Å². The van der Waals surface area contributed by atoms with Gasteiger partial charge in [-0.3, -0.25) is 9.78 Å². The molecule has 0 saturated heterocycles. The second-order valence-electron chi connectivity index (χ2n) is 8.27. The number of amides is 1. The number of fused-ring (bicyclic) bond motifs is 1. The van der Waals surface area contributed by atoms with E-state index in [2.05, 4.69) is 53.0 Å². The number of hydrogen-bond acceptors (Lipinski definition) is 4. The van der Waals surface area contributed by atoms with Gasteiger partial charge < -0.3 is 14.6 Å². The quantitative estimate of drug-likeness (QED) is 0.356. The smallest absolute Gasteiger partial charge is 0.269 e. The standard InChI is InChI=1S/C27H30N4O2/c1-20-17-21(2)19-22(18-20)33-16-8-7-15-31-25-11-4-3-9-23(25)30-26(31)12-14-29-27(32)24-10-5-6-13-28-24/h3-6,9-11,13,17-19H,7-8,12,14-16H2,1-2H3,(H,29,32). The Bertz CT molecular complexity index is 1200. The van der Waals surface area contributed by atoms with Gasteiger partial charge in [-0.15, -0.1) is 0 Å². The number of carbonyl (C=O) groups excluding carboxylic acids is 1. The van der Waals surface area contributed by atoms with Gasteiger partial charge in [0.15, 0.2) is 0 Å². The number of aryl methyl sites for hydroxylation is 3. The Morgan fingerprint density at radius 2 is 1.79 bits per heavy atom. The molecule has 170 valence electrons. The molecule has 2 heterocycles. The van der Waals surface area contributed by atoms with Crippen LogP contribution in [0.15, 0.2) is 66.9 Å². The summed E-state index contributed by atoms with van der Waals surface area (Å²) in [5, 5.41) is 2.95. The van der Waals surface area contributed by atoms with Gasteiger partial charge in [0.25, 0.3) is 5.91 Å². The molecule has 0 fully saturated rings. The van der Waals surface area contributed by atoms with E-state index in [4.69, 9.17) is 9.72 Å². The number of pyridine rings is 1. The van der Waals surface area contributed by atoms with Crippen LogP contribution in [-0.2, 0) is 13.0 Å². The summed E-state index contributed by atoms with van der Waals surface area (Å²) in [7, 11) is 0. The second-order valence-corrected chi connectivity index (χ2v) is 8.27. The second kappa shape index (κ2) is 10.8. The molecule has 4 aromatic rings. The molecular formula is C27H30N4O2. The minimum atomic E-state index is -0.165. The number of nitrogens with one attached hydrogen (secondary N) is 1. The van der Waals surface area contributed by atoms with Crippen molar-refractivity contribution < 1.29 is 9.53 Å². The lowest BCUT2D eigenvalue weighted by Gasteiger charge is -2.11. The third kappa shape index (κ3) is 5.98. The van der Waals surface area contributed by atoms with Crippen LogP contribution in [0.3, 0.4) is 0 Å². The van der Waals surface area contributed by atoms with E-state index >= 15 is 0 Å². The topological polar surface area (TPSA) is 69.0 Å². The highest BCUT2D eigenvalue weighted by Gasteiger charge is 2.12. The Morgan fingerprint density at radius 1 is 1.00 bits per heavy atom. The van der Waals surface area contributed by atoms with Crippen molar-refractivity contribution in [1.29, 1.82) is 0 Å². The number of imidazole rings is 1. The maximum Gasteiger partial charge on any atom is 0.269 e. The van der Waals surface area contributed by atoms with Crippen molar-refractivity contribution in [1.82, 2.24) is 19.9 Å². The van der Waals surface area contributed by atoms with Crippen molar-refractivity contribution in [2.75, 3.05) is 13.2 Å². The van der Waals surface area contributed by atoms with Crippen LogP contribution in [0, 0.1) is 13.8 Å². The Hall–Kier alpha value is -3.67. The van der Waals surface area contributed by atoms with Crippen LogP contribution in [0.2, 0.25) is 0 Å². The molecule has 1 N–H and O–H groups in total. The number of para-hydroxylation sites is 2. The van der Waals surface area contributed by atoms with Crippen LogP contribution in [0.1, 0.15) is 40.3 Å². The summed E-state index contributed by atoms with van der Waals surface area (Å²) >= 11 is 0. The number of hydrogen-bond donors (Lipinski definition) is 1. The van der Waals surface area contributed by atoms with Gasteiger partial charge in [0, 0.05) is 25.7 Å². The van der Waals surface area contributed by atoms with E-state index in [9.17, 15) is 4.79 Å². The van der Waals surface area contributed by atoms with E-state index in [0.29, 0.717) is 25.3 Å². The average molecular weight is 443 g/mol. The first-order valence-electron chi connectivity index (χ1n) is 11.4. The van der Waals surface area contributed by atoms with Gasteiger partial charge in [0.05, 0.1) is 17.6 Å². The van der Waals surface area contributed by atoms with Gasteiger partial charge >= 0.3 is 0 Å². The SMILES string of the molecule is Cc1cc(C)cc(OCCCCn2c(CCNC(=O)c3ccccn3)nc3ccccc32)c1. The van der Waals surface area contributed by atoms with Crippen LogP contribution in [0.25, 0.3) is 11.0 Å². The molecule has 6 heteroatoms. The lowest BCUT2D eigenvalue weighted by atomic mass is 10.1. The minimum absolute atomic E-state index is 0.165. The van der Waals surface area contributed by atoms with Crippen molar-refractivity contribution in [3.63, 3.8) is 0 Å². The van der Waals surface area contributed by atoms with Crippen LogP contribution in [0.4, 0.5) is 0 Å². The fourth-order valence-electron chi connectivity index (χ4n) is 4.02. The molecule has 0 aliphatic carbocycles. The van der Waals surface area contributed by atoms with Crippen molar-refractivity contribution >= 4 is 16.9 Å². The first-order chi connectivity index (χ1) is 16.1. The van der Waals surface area contributed by atoms with Gasteiger partial charge in [-0.25, -0.2) is 4.98 Å². The summed E-state index contributed by atoms with van der Waals surface area (Å²) in [5.74, 6) is 1.75. The Labute approximate surface area is 194 Å². The Balaban J connectivity index is 1.33. The van der Waals surface area contributed by atoms with Crippen molar-refractivity contribution in [2.24, 2.45) is 0 Å². The number of aromatic nitrogens is 3. The molecule has 0 aliphatic rings. The third-order valence-corrected chi connectivity index (χ3v) is 5.51. The molecule has 4 rings (SSSR count). The molecule has 6 nitrogen and oxygen atoms in total. The number of nitrogens with zero attached hydrogens (tertiary/aromatic N) is 3. The lowest BCUT2D eigenvalue weighted by Crippen LogP contribution is -2.27. The zero-order valence-corrected chi connectivity index (χ0v) is 19.3. The number of rotatable bonds is 10. The van der Waals surface area contributed by atoms with E-state index in [1.54, 1.807) is 18.3 Å². The monoisotopic (exact) mass is 442 g/mol. The van der Waals surface area contributed by atoms with Crippen molar-refractivity contribution in [2.45, 2.75) is 39.7 Å². The molecule has 0 spiro atoms. The van der Waals surface area contributed by atoms with Gasteiger partial charge in [-0.2, -0.15) is 0 Å². The third-order valence-electron chi connectivity index (χ3n) is 5.51. The lowest BCUT2D eigenvalue weighted by molar-refractivity contribution is 0.0949. The molecule has 0 bridgehead atoms. The summed E-state index contributed by atoms with van der Waals surface area (Å²) in [5.41, 5.74) is 4.97. The van der Waals surface area contributed by atoms with Gasteiger partial charge in [-0.05, 0) is 74.2 Å². The molecule has 1 amide bonds. The fourth-order valence-corrected chi connectivity index (χ4v) is 4.02. The maximum absolute atomic E-state index is 12.3. The zero-order chi connectivity index (χ0) is 23.0. The predicted octanol–water partition coefficient (Wildman–Crippen LogP) is 4.88. The van der Waals surface area contributed by atoms with Gasteiger partial charge in [0.2, 0.25) is 0 Å². The molecule has 33 heavy (non-hydrogen) atoms. The van der Waals surface area contributed by atoms with E-state index in [1.165, 1.54) is 11.1 Å². The fraction of sp³-hybridized carbons (Fsp3) is 0.296. The number of benzene rings is 2. The average Bonchev–Trinajstić information content (AvgIpc) is 3.16. The van der Waals surface area contributed by atoms with Gasteiger partial charge in [-0.1, -0.05) is 24.3 Å². The molecule has 2 aromatic heterocycles. The highest BCUT2D eigenvalue weighted by atomic mass is 16.5. The Kier molecular flexibility index (Phi) is 7.35. The first kappa shape index (κ1) is 22.5. The van der Waals surface area contributed by atoms with Crippen molar-refractivity contribution in [3.8, 4) is 5.75 Å². The molecule has 0 atom stereocenters. The Morgan fingerprint density at radius 3 is 2.58 bits per heavy atom. The van der Waals surface area contributed by atoms with Crippen LogP contribution < -0.4 is 10.1 Å². The summed E-state index contributed by atoms with van der Waals surface area (Å²) in [6.45, 7) is 6.23. The minimum Gasteiger partial charge on any atom is -0.494 e. The first-order valence-corrected chi connectivity index (χ1v) is 11.4. The molecular weight excluding hydrogens is 412 g/mol. The predicted molar refractivity (Wildman–Crippen MR) is 131 cm³/mol. The van der Waals surface area contributed by atoms with Crippen LogP contribution in [0.5, 0.6) is 5.75 Å². The van der Waals surface area contributed by atoms with E-state index < -0.39 is 0 Å². The molecule has 0 aliphatic heterocycles. The van der Waals surface area contributed by atoms with Crippen LogP contribution >= 0.6 is 0 Å². The van der Waals surface area contributed by atoms with E-state index in [1.807, 2.05) is 24.3 Å². The maximum atomic E-state index is 12.3. The molecule has 0 radical (unpaired) electrons. The highest BCUT2D eigenvalue weighted by molar-refractivity contribution is 5.92.